The van der Waals surface area contributed by atoms with Crippen LogP contribution in [0.5, 0.6) is 23.0 Å². The fraction of sp³-hybridized carbons (Fsp3) is 0.292. The Balaban J connectivity index is 0.000000131. The van der Waals surface area contributed by atoms with E-state index in [1.807, 2.05) is 161 Å². The van der Waals surface area contributed by atoms with Crippen LogP contribution in [-0.2, 0) is 70.5 Å². The molecule has 5 aliphatic carbocycles. The minimum Gasteiger partial charge on any atom is -0.508 e. The van der Waals surface area contributed by atoms with E-state index in [9.17, 15) is 60.0 Å². The molecule has 24 nitrogen and oxygen atoms in total. The average molecular weight is 1610 g/mol. The summed E-state index contributed by atoms with van der Waals surface area (Å²) in [6.07, 6.45) is 8.76. The lowest BCUT2D eigenvalue weighted by Gasteiger charge is -2.24. The number of aromatic nitrogens is 8. The highest BCUT2D eigenvalue weighted by atomic mass is 16.3. The molecule has 17 rings (SSSR count). The molecule has 0 radical (unpaired) electrons. The Morgan fingerprint density at radius 2 is 0.658 bits per heavy atom. The molecule has 4 aromatic heterocycles. The Morgan fingerprint density at radius 1 is 0.367 bits per heavy atom. The lowest BCUT2D eigenvalue weighted by molar-refractivity contribution is -0.119. The summed E-state index contributed by atoms with van der Waals surface area (Å²) in [6.45, 7) is 9.16. The Morgan fingerprint density at radius 3 is 0.950 bits per heavy atom. The van der Waals surface area contributed by atoms with Crippen LogP contribution in [0.4, 0.5) is 23.3 Å². The number of aryl methyl sites for hydroxylation is 8. The number of fused-ring (bicyclic) bond motifs is 12. The third kappa shape index (κ3) is 19.6. The molecule has 614 valence electrons. The molecular formula is C96H98N12O12. The number of nitrogens with one attached hydrogen (secondary N) is 4. The van der Waals surface area contributed by atoms with E-state index in [1.54, 1.807) is 60.7 Å². The number of hydrogen-bond donors (Lipinski definition) is 12. The fourth-order valence-corrected chi connectivity index (χ4v) is 15.9. The van der Waals surface area contributed by atoms with Gasteiger partial charge in [-0.05, 0) is 200 Å². The van der Waals surface area contributed by atoms with Crippen molar-refractivity contribution in [2.24, 2.45) is 17.8 Å². The molecule has 1 fully saturated rings. The molecule has 1 saturated carbocycles. The van der Waals surface area contributed by atoms with Crippen LogP contribution < -0.4 is 21.3 Å². The Kier molecular flexibility index (Phi) is 26.2. The normalized spacial score (nSPS) is 14.5. The zero-order valence-corrected chi connectivity index (χ0v) is 67.6. The quantitative estimate of drug-likeness (QED) is 0.0380. The van der Waals surface area contributed by atoms with Crippen molar-refractivity contribution in [3.05, 3.63) is 284 Å². The number of aromatic hydroxyl groups is 4. The summed E-state index contributed by atoms with van der Waals surface area (Å²) in [7, 11) is 0. The van der Waals surface area contributed by atoms with Gasteiger partial charge in [-0.2, -0.15) is 0 Å². The van der Waals surface area contributed by atoms with Gasteiger partial charge >= 0.3 is 0 Å². The molecule has 5 unspecified atom stereocenters. The third-order valence-electron chi connectivity index (χ3n) is 22.3. The van der Waals surface area contributed by atoms with Gasteiger partial charge in [0.1, 0.15) is 70.2 Å². The largest absolute Gasteiger partial charge is 0.508 e. The molecule has 5 atom stereocenters. The molecule has 0 aliphatic heterocycles. The van der Waals surface area contributed by atoms with Crippen molar-refractivity contribution in [3.63, 3.8) is 0 Å². The van der Waals surface area contributed by atoms with Crippen LogP contribution in [0.2, 0.25) is 0 Å². The Labute approximate surface area is 696 Å². The monoisotopic (exact) mass is 1610 g/mol. The molecule has 0 bridgehead atoms. The van der Waals surface area contributed by atoms with Gasteiger partial charge in [0, 0.05) is 47.9 Å². The highest BCUT2D eigenvalue weighted by Crippen LogP contribution is 2.43. The number of phenolic OH excluding ortho intramolecular Hbond substituents is 4. The second-order valence-electron chi connectivity index (χ2n) is 31.5. The molecule has 24 heteroatoms. The summed E-state index contributed by atoms with van der Waals surface area (Å²) in [5.41, 5.74) is 17.4. The second-order valence-corrected chi connectivity index (χ2v) is 31.5. The summed E-state index contributed by atoms with van der Waals surface area (Å²) in [5, 5.41) is 94.9. The number of anilines is 4. The van der Waals surface area contributed by atoms with E-state index in [2.05, 4.69) is 26.3 Å². The summed E-state index contributed by atoms with van der Waals surface area (Å²) < 4.78 is 0. The second kappa shape index (κ2) is 37.7. The number of benzene rings is 8. The number of nitrogens with zero attached hydrogens (tertiary/aromatic N) is 8. The zero-order chi connectivity index (χ0) is 84.3. The predicted molar refractivity (Wildman–Crippen MR) is 458 cm³/mol. The van der Waals surface area contributed by atoms with Crippen LogP contribution in [0, 0.1) is 17.8 Å². The third-order valence-corrected chi connectivity index (χ3v) is 22.3. The van der Waals surface area contributed by atoms with E-state index in [0.29, 0.717) is 136 Å². The van der Waals surface area contributed by atoms with Gasteiger partial charge in [-0.1, -0.05) is 168 Å². The first kappa shape index (κ1) is 83.5. The number of carbonyl (C=O) groups excluding carboxylic acids is 4. The van der Waals surface area contributed by atoms with Gasteiger partial charge in [0.2, 0.25) is 23.6 Å². The molecule has 0 spiro atoms. The van der Waals surface area contributed by atoms with Gasteiger partial charge in [0.05, 0.1) is 45.6 Å². The van der Waals surface area contributed by atoms with Crippen LogP contribution in [0.25, 0.3) is 45.0 Å². The summed E-state index contributed by atoms with van der Waals surface area (Å²) >= 11 is 0. The maximum atomic E-state index is 12.9. The number of aliphatic hydroxyl groups is 4. The van der Waals surface area contributed by atoms with Crippen molar-refractivity contribution >= 4 is 46.9 Å². The first-order valence-electron chi connectivity index (χ1n) is 41.0. The van der Waals surface area contributed by atoms with Crippen molar-refractivity contribution in [3.8, 4) is 68.0 Å². The van der Waals surface area contributed by atoms with E-state index in [-0.39, 0.29) is 64.3 Å². The molecule has 0 saturated heterocycles. The molecule has 120 heavy (non-hydrogen) atoms. The zero-order valence-electron chi connectivity index (χ0n) is 67.6. The number of carbonyl (C=O) groups is 4. The van der Waals surface area contributed by atoms with E-state index in [0.717, 1.165) is 106 Å². The van der Waals surface area contributed by atoms with Crippen molar-refractivity contribution in [2.75, 3.05) is 21.3 Å². The predicted octanol–water partition coefficient (Wildman–Crippen LogP) is 16.0. The number of rotatable bonds is 18. The van der Waals surface area contributed by atoms with E-state index >= 15 is 0 Å². The first-order chi connectivity index (χ1) is 58.0. The van der Waals surface area contributed by atoms with Crippen molar-refractivity contribution in [1.82, 2.24) is 39.9 Å². The van der Waals surface area contributed by atoms with Crippen LogP contribution in [0.3, 0.4) is 0 Å². The highest BCUT2D eigenvalue weighted by molar-refractivity contribution is 5.94. The van der Waals surface area contributed by atoms with E-state index in [1.165, 1.54) is 26.2 Å². The maximum absolute atomic E-state index is 12.9. The smallest absolute Gasteiger partial charge is 0.228 e. The molecule has 12 N–H and O–H groups in total. The lowest BCUT2D eigenvalue weighted by atomic mass is 9.87. The average Bonchev–Trinajstić information content (AvgIpc) is 0.779. The minimum absolute atomic E-state index is 0.0706. The van der Waals surface area contributed by atoms with Gasteiger partial charge in [-0.25, -0.2) is 39.9 Å². The first-order valence-corrected chi connectivity index (χ1v) is 41.0. The number of phenols is 4. The Bertz CT molecular complexity index is 5740. The number of aliphatic hydroxyl groups excluding tert-OH is 4. The van der Waals surface area contributed by atoms with Crippen LogP contribution >= 0.6 is 0 Å². The number of amides is 4. The molecule has 8 aromatic carbocycles. The van der Waals surface area contributed by atoms with Crippen LogP contribution in [0.15, 0.2) is 194 Å². The summed E-state index contributed by atoms with van der Waals surface area (Å²) in [5.74, 6) is 1.90. The molecular weight excluding hydrogens is 1510 g/mol. The van der Waals surface area contributed by atoms with Gasteiger partial charge in [-0.3, -0.25) is 19.2 Å². The van der Waals surface area contributed by atoms with Gasteiger partial charge in [0.15, 0.2) is 23.3 Å². The van der Waals surface area contributed by atoms with E-state index < -0.39 is 24.4 Å². The lowest BCUT2D eigenvalue weighted by Crippen LogP contribution is -2.24. The topological polar surface area (TPSA) is 381 Å². The van der Waals surface area contributed by atoms with Gasteiger partial charge in [0.25, 0.3) is 0 Å². The molecule has 5 aliphatic rings. The number of hydrogen-bond acceptors (Lipinski definition) is 20. The molecule has 4 amide bonds. The maximum Gasteiger partial charge on any atom is 0.228 e. The SMILES string of the molecule is CC(=O)Nc1nc2c(nc1C(O)c1ccccc1)-c1ccc(O)cc1CC2.CC(C)CC(=O)Nc1nc2c(nc1C(O)c1ccccc1)-c1ccc(O)cc1CC2.CCC(C)C(=O)Nc1nc2c(nc1C(O)c1ccccc1)-c1ccc(O)cc1CC2.O=C(CC1CCCCC1)Nc1nc2c(nc1C(O)c1ccccc1)-c1ccc(O)cc1CC2. The molecule has 12 aromatic rings. The van der Waals surface area contributed by atoms with Crippen molar-refractivity contribution in [2.45, 2.75) is 162 Å². The fourth-order valence-electron chi connectivity index (χ4n) is 15.9. The van der Waals surface area contributed by atoms with Crippen molar-refractivity contribution < 1.29 is 60.0 Å². The minimum atomic E-state index is -1.03. The van der Waals surface area contributed by atoms with Crippen LogP contribution in [0.1, 0.15) is 200 Å². The van der Waals surface area contributed by atoms with Crippen LogP contribution in [-0.4, -0.2) is 104 Å². The van der Waals surface area contributed by atoms with Crippen molar-refractivity contribution in [1.29, 1.82) is 0 Å². The summed E-state index contributed by atoms with van der Waals surface area (Å²) in [4.78, 5) is 87.5. The standard InChI is InChI=1S/C27H29N3O3.2C24H25N3O3.C21H19N3O3/c31-20-12-13-21-19(16-20)11-14-22-24(21)30-25(26(33)18-9-5-2-6-10-18)27(28-22)29-23(32)15-17-7-3-1-4-8-17;1-14(2)12-20(29)26-24-22(23(30)15-6-4-3-5-7-15)27-21-18-10-9-17(28)13-16(18)8-11-19(21)25-24;1-3-14(2)24(30)27-23-21(22(29)15-7-5-4-6-8-15)26-20-18-11-10-17(28)13-16(18)9-12-19(20)25-23;1-12(25)22-21-19(20(27)13-5-3-2-4-6-13)24-18-16-9-8-15(26)11-14(16)7-10-17(18)23-21/h2,5-6,9-10,12-13,16-17,26,31,33H,1,3-4,7-8,11,14-15H2,(H,28,29,32);3-7,9-10,13-14,23,28,30H,8,11-12H2,1-2H3,(H,25,26,29);4-8,10-11,13-14,22,28-29H,3,9,12H2,1-2H3,(H,25,27,30);2-6,8-9,11,20,26-27H,7,10H2,1H3,(H,22,23,25). The Hall–Kier alpha value is -13.0. The van der Waals surface area contributed by atoms with Gasteiger partial charge < -0.3 is 62.1 Å². The summed E-state index contributed by atoms with van der Waals surface area (Å²) in [6, 6.07) is 57.6. The van der Waals surface area contributed by atoms with E-state index in [4.69, 9.17) is 34.9 Å². The van der Waals surface area contributed by atoms with Gasteiger partial charge in [-0.15, -0.1) is 0 Å². The molecule has 4 heterocycles. The highest BCUT2D eigenvalue weighted by Gasteiger charge is 2.33.